The molecule has 0 amide bonds. The van der Waals surface area contributed by atoms with Gasteiger partial charge in [0.15, 0.2) is 5.78 Å². The fraction of sp³-hybridized carbons (Fsp3) is 0.357. The Morgan fingerprint density at radius 2 is 2.00 bits per heavy atom. The molecule has 0 aliphatic heterocycles. The summed E-state index contributed by atoms with van der Waals surface area (Å²) in [4.78, 5) is 11.5. The van der Waals surface area contributed by atoms with Gasteiger partial charge in [-0.2, -0.15) is 0 Å². The van der Waals surface area contributed by atoms with Crippen molar-refractivity contribution >= 4 is 5.78 Å². The van der Waals surface area contributed by atoms with Crippen LogP contribution in [0.25, 0.3) is 0 Å². The minimum atomic E-state index is -0.238. The number of carbonyl (C=O) groups excluding carboxylic acids is 1. The molecule has 1 unspecified atom stereocenters. The third-order valence-corrected chi connectivity index (χ3v) is 2.63. The molecule has 1 aromatic carbocycles. The van der Waals surface area contributed by atoms with Crippen molar-refractivity contribution in [2.24, 2.45) is 0 Å². The third kappa shape index (κ3) is 3.61. The first-order valence-corrected chi connectivity index (χ1v) is 5.58. The van der Waals surface area contributed by atoms with Gasteiger partial charge in [0.25, 0.3) is 0 Å². The van der Waals surface area contributed by atoms with Gasteiger partial charge >= 0.3 is 0 Å². The van der Waals surface area contributed by atoms with Gasteiger partial charge in [0, 0.05) is 6.42 Å². The van der Waals surface area contributed by atoms with Crippen LogP contribution in [0.2, 0.25) is 0 Å². The van der Waals surface area contributed by atoms with Crippen LogP contribution >= 0.6 is 0 Å². The summed E-state index contributed by atoms with van der Waals surface area (Å²) in [7, 11) is 0. The van der Waals surface area contributed by atoms with E-state index in [0.29, 0.717) is 6.42 Å². The van der Waals surface area contributed by atoms with Gasteiger partial charge in [0.05, 0.1) is 0 Å². The first-order chi connectivity index (χ1) is 7.67. The third-order valence-electron chi connectivity index (χ3n) is 2.63. The lowest BCUT2D eigenvalue weighted by molar-refractivity contribution is -0.115. The van der Waals surface area contributed by atoms with E-state index in [1.165, 1.54) is 12.1 Å². The molecule has 0 saturated carbocycles. The van der Waals surface area contributed by atoms with Gasteiger partial charge in [0.1, 0.15) is 5.82 Å². The molecule has 0 radical (unpaired) electrons. The van der Waals surface area contributed by atoms with Crippen LogP contribution in [0.3, 0.4) is 0 Å². The molecule has 1 rings (SSSR count). The van der Waals surface area contributed by atoms with E-state index in [9.17, 15) is 9.18 Å². The Labute approximate surface area is 96.0 Å². The Morgan fingerprint density at radius 1 is 1.38 bits per heavy atom. The van der Waals surface area contributed by atoms with Crippen molar-refractivity contribution in [2.45, 2.75) is 32.6 Å². The van der Waals surface area contributed by atoms with Crippen molar-refractivity contribution in [2.75, 3.05) is 0 Å². The monoisotopic (exact) mass is 220 g/mol. The number of halogens is 1. The highest BCUT2D eigenvalue weighted by Crippen LogP contribution is 2.23. The van der Waals surface area contributed by atoms with Gasteiger partial charge in [0.2, 0.25) is 0 Å². The minimum absolute atomic E-state index is 0.124. The van der Waals surface area contributed by atoms with Gasteiger partial charge in [-0.3, -0.25) is 4.79 Å². The lowest BCUT2D eigenvalue weighted by Gasteiger charge is -2.13. The summed E-state index contributed by atoms with van der Waals surface area (Å²) in [6.07, 6.45) is 4.72. The highest BCUT2D eigenvalue weighted by atomic mass is 19.1. The zero-order valence-electron chi connectivity index (χ0n) is 9.74. The quantitative estimate of drug-likeness (QED) is 0.689. The zero-order valence-corrected chi connectivity index (χ0v) is 9.74. The fourth-order valence-electron chi connectivity index (χ4n) is 1.73. The summed E-state index contributed by atoms with van der Waals surface area (Å²) < 4.78 is 12.8. The molecule has 0 heterocycles. The summed E-state index contributed by atoms with van der Waals surface area (Å²) in [6.45, 7) is 3.87. The van der Waals surface area contributed by atoms with Gasteiger partial charge in [-0.25, -0.2) is 4.39 Å². The topological polar surface area (TPSA) is 17.1 Å². The van der Waals surface area contributed by atoms with Crippen LogP contribution in [0, 0.1) is 5.82 Å². The van der Waals surface area contributed by atoms with Crippen molar-refractivity contribution in [3.8, 4) is 0 Å². The molecule has 0 aromatic heterocycles. The number of benzene rings is 1. The molecule has 0 N–H and O–H groups in total. The number of hydrogen-bond donors (Lipinski definition) is 0. The van der Waals surface area contributed by atoms with E-state index >= 15 is 0 Å². The first kappa shape index (κ1) is 12.6. The summed E-state index contributed by atoms with van der Waals surface area (Å²) >= 11 is 0. The molecular formula is C14H17FO. The van der Waals surface area contributed by atoms with Crippen LogP contribution in [0.4, 0.5) is 4.39 Å². The van der Waals surface area contributed by atoms with Crippen molar-refractivity contribution in [1.29, 1.82) is 0 Å². The molecule has 0 saturated heterocycles. The standard InChI is InChI=1S/C14H17FO/c1-3-5-14(16)10-11(4-2)12-6-8-13(15)9-7-12/h3,5-9,11H,4,10H2,1-2H3. The van der Waals surface area contributed by atoms with Crippen LogP contribution in [0.5, 0.6) is 0 Å². The average Bonchev–Trinajstić information content (AvgIpc) is 2.27. The van der Waals surface area contributed by atoms with E-state index < -0.39 is 0 Å². The molecule has 0 aliphatic rings. The predicted octanol–water partition coefficient (Wildman–Crippen LogP) is 3.85. The molecule has 16 heavy (non-hydrogen) atoms. The van der Waals surface area contributed by atoms with Crippen LogP contribution < -0.4 is 0 Å². The maximum Gasteiger partial charge on any atom is 0.155 e. The van der Waals surface area contributed by atoms with E-state index in [1.807, 2.05) is 13.8 Å². The summed E-state index contributed by atoms with van der Waals surface area (Å²) in [6, 6.07) is 6.40. The van der Waals surface area contributed by atoms with Crippen LogP contribution in [-0.2, 0) is 4.79 Å². The van der Waals surface area contributed by atoms with Crippen LogP contribution in [-0.4, -0.2) is 5.78 Å². The Kier molecular flexibility index (Phi) is 4.90. The maximum absolute atomic E-state index is 12.8. The van der Waals surface area contributed by atoms with Crippen molar-refractivity contribution in [1.82, 2.24) is 0 Å². The maximum atomic E-state index is 12.8. The average molecular weight is 220 g/mol. The summed E-state index contributed by atoms with van der Waals surface area (Å²) in [5.74, 6) is 0.0707. The smallest absolute Gasteiger partial charge is 0.155 e. The number of ketones is 1. The summed E-state index contributed by atoms with van der Waals surface area (Å²) in [5, 5.41) is 0. The Bertz CT molecular complexity index is 365. The SMILES string of the molecule is CC=CC(=O)CC(CC)c1ccc(F)cc1. The largest absolute Gasteiger partial charge is 0.295 e. The van der Waals surface area contributed by atoms with Gasteiger partial charge in [-0.05, 0) is 43.0 Å². The molecule has 1 nitrogen and oxygen atoms in total. The molecule has 1 atom stereocenters. The Balaban J connectivity index is 2.74. The van der Waals surface area contributed by atoms with E-state index in [-0.39, 0.29) is 17.5 Å². The van der Waals surface area contributed by atoms with Crippen molar-refractivity contribution in [3.63, 3.8) is 0 Å². The van der Waals surface area contributed by atoms with Crippen molar-refractivity contribution < 1.29 is 9.18 Å². The van der Waals surface area contributed by atoms with Crippen LogP contribution in [0.1, 0.15) is 38.2 Å². The highest BCUT2D eigenvalue weighted by molar-refractivity contribution is 5.90. The summed E-state index contributed by atoms with van der Waals surface area (Å²) in [5.41, 5.74) is 1.03. The Hall–Kier alpha value is -1.44. The second kappa shape index (κ2) is 6.21. The van der Waals surface area contributed by atoms with Gasteiger partial charge in [-0.15, -0.1) is 0 Å². The number of allylic oxidation sites excluding steroid dienone is 2. The van der Waals surface area contributed by atoms with E-state index in [2.05, 4.69) is 0 Å². The van der Waals surface area contributed by atoms with E-state index in [0.717, 1.165) is 12.0 Å². The lowest BCUT2D eigenvalue weighted by Crippen LogP contribution is -2.04. The number of hydrogen-bond acceptors (Lipinski definition) is 1. The van der Waals surface area contributed by atoms with Crippen LogP contribution in [0.15, 0.2) is 36.4 Å². The predicted molar refractivity (Wildman–Crippen MR) is 63.9 cm³/mol. The molecule has 0 bridgehead atoms. The molecule has 86 valence electrons. The molecule has 0 spiro atoms. The fourth-order valence-corrected chi connectivity index (χ4v) is 1.73. The molecule has 0 aliphatic carbocycles. The normalized spacial score (nSPS) is 12.9. The number of carbonyl (C=O) groups is 1. The molecular weight excluding hydrogens is 203 g/mol. The number of rotatable bonds is 5. The van der Waals surface area contributed by atoms with E-state index in [1.54, 1.807) is 24.3 Å². The molecule has 1 aromatic rings. The lowest BCUT2D eigenvalue weighted by atomic mass is 9.91. The second-order valence-corrected chi connectivity index (χ2v) is 3.83. The van der Waals surface area contributed by atoms with E-state index in [4.69, 9.17) is 0 Å². The first-order valence-electron chi connectivity index (χ1n) is 5.58. The molecule has 0 fully saturated rings. The minimum Gasteiger partial charge on any atom is -0.295 e. The zero-order chi connectivity index (χ0) is 12.0. The second-order valence-electron chi connectivity index (χ2n) is 3.83. The molecule has 2 heteroatoms. The van der Waals surface area contributed by atoms with Gasteiger partial charge < -0.3 is 0 Å². The highest BCUT2D eigenvalue weighted by Gasteiger charge is 2.12. The Morgan fingerprint density at radius 3 is 2.50 bits per heavy atom. The van der Waals surface area contributed by atoms with Crippen molar-refractivity contribution in [3.05, 3.63) is 47.8 Å². The van der Waals surface area contributed by atoms with Gasteiger partial charge in [-0.1, -0.05) is 25.1 Å².